The fourth-order valence-electron chi connectivity index (χ4n) is 0.981. The standard InChI is InChI=1S/C8H5BrF3NO2/c9-4-1-3(2-5(14)15)13-8(12)6(4)7(10)11/h1,7H,2H2,(H,14,15). The Labute approximate surface area is 91.1 Å². The number of alkyl halides is 2. The van der Waals surface area contributed by atoms with Gasteiger partial charge in [-0.3, -0.25) is 4.79 Å². The van der Waals surface area contributed by atoms with Crippen molar-refractivity contribution in [2.24, 2.45) is 0 Å². The van der Waals surface area contributed by atoms with E-state index in [4.69, 9.17) is 5.11 Å². The fourth-order valence-corrected chi connectivity index (χ4v) is 1.58. The Morgan fingerprint density at radius 2 is 2.20 bits per heavy atom. The number of pyridine rings is 1. The largest absolute Gasteiger partial charge is 0.481 e. The van der Waals surface area contributed by atoms with Crippen molar-refractivity contribution in [1.82, 2.24) is 4.98 Å². The van der Waals surface area contributed by atoms with Crippen LogP contribution in [0.3, 0.4) is 0 Å². The van der Waals surface area contributed by atoms with Gasteiger partial charge in [-0.15, -0.1) is 0 Å². The summed E-state index contributed by atoms with van der Waals surface area (Å²) in [4.78, 5) is 13.4. The smallest absolute Gasteiger partial charge is 0.309 e. The fraction of sp³-hybridized carbons (Fsp3) is 0.250. The maximum Gasteiger partial charge on any atom is 0.309 e. The van der Waals surface area contributed by atoms with Gasteiger partial charge in [-0.25, -0.2) is 13.8 Å². The van der Waals surface area contributed by atoms with Crippen LogP contribution in [0.1, 0.15) is 17.7 Å². The van der Waals surface area contributed by atoms with E-state index in [1.807, 2.05) is 0 Å². The van der Waals surface area contributed by atoms with E-state index < -0.39 is 30.3 Å². The lowest BCUT2D eigenvalue weighted by atomic mass is 10.2. The molecule has 0 amide bonds. The number of carbonyl (C=O) groups is 1. The highest BCUT2D eigenvalue weighted by atomic mass is 79.9. The van der Waals surface area contributed by atoms with Crippen molar-refractivity contribution in [1.29, 1.82) is 0 Å². The number of hydrogen-bond donors (Lipinski definition) is 1. The maximum atomic E-state index is 13.0. The number of rotatable bonds is 3. The monoisotopic (exact) mass is 283 g/mol. The molecule has 0 spiro atoms. The normalized spacial score (nSPS) is 10.7. The van der Waals surface area contributed by atoms with Crippen LogP contribution in [-0.4, -0.2) is 16.1 Å². The summed E-state index contributed by atoms with van der Waals surface area (Å²) in [5.41, 5.74) is -0.972. The molecule has 0 fully saturated rings. The lowest BCUT2D eigenvalue weighted by Crippen LogP contribution is -2.06. The second kappa shape index (κ2) is 4.61. The molecule has 82 valence electrons. The summed E-state index contributed by atoms with van der Waals surface area (Å²) < 4.78 is 37.3. The van der Waals surface area contributed by atoms with Crippen molar-refractivity contribution in [2.75, 3.05) is 0 Å². The first-order valence-electron chi connectivity index (χ1n) is 3.76. The summed E-state index contributed by atoms with van der Waals surface area (Å²) in [5.74, 6) is -2.56. The van der Waals surface area contributed by atoms with Crippen molar-refractivity contribution >= 4 is 21.9 Å². The molecule has 1 N–H and O–H groups in total. The average molecular weight is 284 g/mol. The van der Waals surface area contributed by atoms with Crippen LogP contribution in [0.25, 0.3) is 0 Å². The molecule has 15 heavy (non-hydrogen) atoms. The van der Waals surface area contributed by atoms with Crippen molar-refractivity contribution in [2.45, 2.75) is 12.8 Å². The minimum atomic E-state index is -2.99. The summed E-state index contributed by atoms with van der Waals surface area (Å²) in [7, 11) is 0. The molecule has 1 heterocycles. The average Bonchev–Trinajstić information content (AvgIpc) is 1.99. The van der Waals surface area contributed by atoms with Crippen molar-refractivity contribution < 1.29 is 23.1 Å². The molecule has 1 rings (SSSR count). The Bertz CT molecular complexity index is 374. The zero-order chi connectivity index (χ0) is 11.6. The van der Waals surface area contributed by atoms with Crippen LogP contribution < -0.4 is 0 Å². The molecule has 7 heteroatoms. The number of hydrogen-bond acceptors (Lipinski definition) is 2. The number of carboxylic acids is 1. The molecule has 0 saturated heterocycles. The highest BCUT2D eigenvalue weighted by molar-refractivity contribution is 9.10. The highest BCUT2D eigenvalue weighted by Gasteiger charge is 2.20. The first-order chi connectivity index (χ1) is 6.91. The Hall–Kier alpha value is -1.11. The van der Waals surface area contributed by atoms with Gasteiger partial charge in [0.05, 0.1) is 17.7 Å². The number of carboxylic acid groups (broad SMARTS) is 1. The molecule has 0 atom stereocenters. The van der Waals surface area contributed by atoms with Crippen LogP contribution in [-0.2, 0) is 11.2 Å². The first-order valence-corrected chi connectivity index (χ1v) is 4.56. The lowest BCUT2D eigenvalue weighted by Gasteiger charge is -2.05. The molecule has 0 aliphatic heterocycles. The SMILES string of the molecule is O=C(O)Cc1cc(Br)c(C(F)F)c(F)n1. The predicted octanol–water partition coefficient (Wildman–Crippen LogP) is 2.55. The van der Waals surface area contributed by atoms with Crippen LogP contribution in [0.15, 0.2) is 10.5 Å². The van der Waals surface area contributed by atoms with Crippen LogP contribution in [0, 0.1) is 5.95 Å². The Morgan fingerprint density at radius 1 is 1.60 bits per heavy atom. The van der Waals surface area contributed by atoms with Gasteiger partial charge in [0.25, 0.3) is 6.43 Å². The van der Waals surface area contributed by atoms with E-state index in [9.17, 15) is 18.0 Å². The second-order valence-corrected chi connectivity index (χ2v) is 3.53. The van der Waals surface area contributed by atoms with Crippen LogP contribution in [0.4, 0.5) is 13.2 Å². The topological polar surface area (TPSA) is 50.2 Å². The number of aliphatic carboxylic acids is 1. The third-order valence-corrected chi connectivity index (χ3v) is 2.22. The minimum Gasteiger partial charge on any atom is -0.481 e. The molecule has 1 aromatic rings. The van der Waals surface area contributed by atoms with E-state index in [1.54, 1.807) is 0 Å². The maximum absolute atomic E-state index is 13.0. The molecule has 0 aromatic carbocycles. The van der Waals surface area contributed by atoms with Crippen molar-refractivity contribution in [3.8, 4) is 0 Å². The Morgan fingerprint density at radius 3 is 2.60 bits per heavy atom. The molecule has 0 saturated carbocycles. The number of aromatic nitrogens is 1. The van der Waals surface area contributed by atoms with Gasteiger partial charge in [-0.1, -0.05) is 15.9 Å². The van der Waals surface area contributed by atoms with E-state index in [2.05, 4.69) is 20.9 Å². The van der Waals surface area contributed by atoms with E-state index >= 15 is 0 Å². The van der Waals surface area contributed by atoms with Crippen LogP contribution in [0.2, 0.25) is 0 Å². The lowest BCUT2D eigenvalue weighted by molar-refractivity contribution is -0.136. The summed E-state index contributed by atoms with van der Waals surface area (Å²) >= 11 is 2.74. The number of nitrogens with zero attached hydrogens (tertiary/aromatic N) is 1. The summed E-state index contributed by atoms with van der Waals surface area (Å²) in [6, 6.07) is 1.07. The zero-order valence-corrected chi connectivity index (χ0v) is 8.76. The van der Waals surface area contributed by atoms with Crippen molar-refractivity contribution in [3.63, 3.8) is 0 Å². The summed E-state index contributed by atoms with van der Waals surface area (Å²) in [5, 5.41) is 8.40. The Balaban J connectivity index is 3.13. The second-order valence-electron chi connectivity index (χ2n) is 2.67. The van der Waals surface area contributed by atoms with E-state index in [0.29, 0.717) is 0 Å². The van der Waals surface area contributed by atoms with Gasteiger partial charge >= 0.3 is 5.97 Å². The van der Waals surface area contributed by atoms with Crippen LogP contribution >= 0.6 is 15.9 Å². The third-order valence-electron chi connectivity index (χ3n) is 1.57. The van der Waals surface area contributed by atoms with Crippen LogP contribution in [0.5, 0.6) is 0 Å². The molecule has 0 bridgehead atoms. The van der Waals surface area contributed by atoms with Gasteiger partial charge in [-0.05, 0) is 6.07 Å². The van der Waals surface area contributed by atoms with Gasteiger partial charge in [-0.2, -0.15) is 4.39 Å². The van der Waals surface area contributed by atoms with E-state index in [1.165, 1.54) is 0 Å². The Kier molecular flexibility index (Phi) is 3.67. The van der Waals surface area contributed by atoms with Gasteiger partial charge in [0.1, 0.15) is 0 Å². The van der Waals surface area contributed by atoms with Gasteiger partial charge in [0.2, 0.25) is 5.95 Å². The zero-order valence-electron chi connectivity index (χ0n) is 7.18. The molecule has 0 radical (unpaired) electrons. The molecular weight excluding hydrogens is 279 g/mol. The summed E-state index contributed by atoms with van der Waals surface area (Å²) in [6.45, 7) is 0. The van der Waals surface area contributed by atoms with Gasteiger partial charge in [0.15, 0.2) is 0 Å². The third kappa shape index (κ3) is 2.92. The summed E-state index contributed by atoms with van der Waals surface area (Å²) in [6.07, 6.45) is -3.51. The van der Waals surface area contributed by atoms with Gasteiger partial charge in [0, 0.05) is 4.47 Å². The molecule has 0 aliphatic carbocycles. The molecule has 1 aromatic heterocycles. The molecule has 0 aliphatic rings. The minimum absolute atomic E-state index is 0.115. The highest BCUT2D eigenvalue weighted by Crippen LogP contribution is 2.29. The van der Waals surface area contributed by atoms with Gasteiger partial charge < -0.3 is 5.11 Å². The predicted molar refractivity (Wildman–Crippen MR) is 48.2 cm³/mol. The van der Waals surface area contributed by atoms with Crippen molar-refractivity contribution in [3.05, 3.63) is 27.7 Å². The van der Waals surface area contributed by atoms with E-state index in [-0.39, 0.29) is 10.2 Å². The molecule has 3 nitrogen and oxygen atoms in total. The number of halogens is 4. The van der Waals surface area contributed by atoms with E-state index in [0.717, 1.165) is 6.07 Å². The quantitative estimate of drug-likeness (QED) is 0.868. The first kappa shape index (κ1) is 12.0. The molecular formula is C8H5BrF3NO2. The molecule has 0 unspecified atom stereocenters.